The van der Waals surface area contributed by atoms with Crippen LogP contribution in [0.1, 0.15) is 46.0 Å². The lowest BCUT2D eigenvalue weighted by molar-refractivity contribution is -0.125. The van der Waals surface area contributed by atoms with Gasteiger partial charge in [0.15, 0.2) is 0 Å². The fourth-order valence-electron chi connectivity index (χ4n) is 2.29. The van der Waals surface area contributed by atoms with Crippen LogP contribution < -0.4 is 11.1 Å². The molecule has 1 unspecified atom stereocenters. The van der Waals surface area contributed by atoms with Crippen LogP contribution in [0, 0.1) is 11.8 Å². The third-order valence-electron chi connectivity index (χ3n) is 3.11. The summed E-state index contributed by atoms with van der Waals surface area (Å²) < 4.78 is 0. The largest absolute Gasteiger partial charge is 0.352 e. The molecule has 3 heteroatoms. The molecule has 0 spiro atoms. The minimum Gasteiger partial charge on any atom is -0.352 e. The minimum atomic E-state index is 0.165. The molecule has 1 rings (SSSR count). The van der Waals surface area contributed by atoms with Gasteiger partial charge >= 0.3 is 0 Å². The molecule has 3 N–H and O–H groups in total. The minimum absolute atomic E-state index is 0.165. The number of nitrogens with one attached hydrogen (secondary N) is 1. The van der Waals surface area contributed by atoms with Gasteiger partial charge in [-0.3, -0.25) is 4.79 Å². The SMILES string of the molecule is CC(C)CC(CN)NC(=O)C1CCCC1. The lowest BCUT2D eigenvalue weighted by Gasteiger charge is -2.20. The number of rotatable bonds is 5. The summed E-state index contributed by atoms with van der Waals surface area (Å²) in [7, 11) is 0. The lowest BCUT2D eigenvalue weighted by Crippen LogP contribution is -2.43. The Morgan fingerprint density at radius 3 is 2.47 bits per heavy atom. The molecule has 0 saturated heterocycles. The fourth-order valence-corrected chi connectivity index (χ4v) is 2.29. The van der Waals surface area contributed by atoms with Crippen LogP contribution >= 0.6 is 0 Å². The van der Waals surface area contributed by atoms with E-state index >= 15 is 0 Å². The average Bonchev–Trinajstić information content (AvgIpc) is 2.68. The maximum atomic E-state index is 11.8. The standard InChI is InChI=1S/C12H24N2O/c1-9(2)7-11(8-13)14-12(15)10-5-3-4-6-10/h9-11H,3-8,13H2,1-2H3,(H,14,15). The molecule has 0 aromatic carbocycles. The van der Waals surface area contributed by atoms with E-state index in [1.54, 1.807) is 0 Å². The van der Waals surface area contributed by atoms with Crippen LogP contribution in [0.2, 0.25) is 0 Å². The van der Waals surface area contributed by atoms with Crippen molar-refractivity contribution < 1.29 is 4.79 Å². The van der Waals surface area contributed by atoms with Crippen LogP contribution in [0.3, 0.4) is 0 Å². The van der Waals surface area contributed by atoms with E-state index in [-0.39, 0.29) is 17.9 Å². The fraction of sp³-hybridized carbons (Fsp3) is 0.917. The van der Waals surface area contributed by atoms with Crippen LogP contribution in [-0.4, -0.2) is 18.5 Å². The first kappa shape index (κ1) is 12.5. The molecule has 0 aromatic heterocycles. The van der Waals surface area contributed by atoms with Crippen LogP contribution in [0.4, 0.5) is 0 Å². The number of amides is 1. The van der Waals surface area contributed by atoms with Gasteiger partial charge in [0.1, 0.15) is 0 Å². The Bertz CT molecular complexity index is 198. The van der Waals surface area contributed by atoms with Crippen molar-refractivity contribution in [3.8, 4) is 0 Å². The highest BCUT2D eigenvalue weighted by atomic mass is 16.1. The summed E-state index contributed by atoms with van der Waals surface area (Å²) in [5, 5.41) is 3.08. The van der Waals surface area contributed by atoms with Gasteiger partial charge in [-0.05, 0) is 25.2 Å². The molecule has 0 aromatic rings. The second-order valence-electron chi connectivity index (χ2n) is 5.05. The van der Waals surface area contributed by atoms with Gasteiger partial charge in [0.25, 0.3) is 0 Å². The Morgan fingerprint density at radius 2 is 2.00 bits per heavy atom. The predicted octanol–water partition coefficient (Wildman–Crippen LogP) is 1.67. The number of nitrogens with two attached hydrogens (primary N) is 1. The van der Waals surface area contributed by atoms with Crippen LogP contribution in [-0.2, 0) is 4.79 Å². The Kier molecular flexibility index (Phi) is 5.09. The average molecular weight is 212 g/mol. The molecular formula is C12H24N2O. The van der Waals surface area contributed by atoms with Crippen LogP contribution in [0.25, 0.3) is 0 Å². The summed E-state index contributed by atoms with van der Waals surface area (Å²) in [5.41, 5.74) is 5.65. The predicted molar refractivity (Wildman–Crippen MR) is 62.4 cm³/mol. The third kappa shape index (κ3) is 4.20. The van der Waals surface area contributed by atoms with Crippen molar-refractivity contribution in [1.82, 2.24) is 5.32 Å². The second kappa shape index (κ2) is 6.11. The Labute approximate surface area is 92.8 Å². The maximum absolute atomic E-state index is 11.8. The Hall–Kier alpha value is -0.570. The number of carbonyl (C=O) groups is 1. The van der Waals surface area contributed by atoms with Gasteiger partial charge in [-0.2, -0.15) is 0 Å². The van der Waals surface area contributed by atoms with Crippen molar-refractivity contribution in [3.63, 3.8) is 0 Å². The van der Waals surface area contributed by atoms with Gasteiger partial charge in [-0.25, -0.2) is 0 Å². The van der Waals surface area contributed by atoms with E-state index in [0.29, 0.717) is 12.5 Å². The first-order valence-electron chi connectivity index (χ1n) is 6.14. The van der Waals surface area contributed by atoms with Gasteiger partial charge < -0.3 is 11.1 Å². The second-order valence-corrected chi connectivity index (χ2v) is 5.05. The molecule has 15 heavy (non-hydrogen) atoms. The van der Waals surface area contributed by atoms with E-state index in [4.69, 9.17) is 5.73 Å². The van der Waals surface area contributed by atoms with Crippen molar-refractivity contribution >= 4 is 5.91 Å². The van der Waals surface area contributed by atoms with E-state index < -0.39 is 0 Å². The molecule has 1 atom stereocenters. The summed E-state index contributed by atoms with van der Waals surface area (Å²) in [6.45, 7) is 4.87. The monoisotopic (exact) mass is 212 g/mol. The summed E-state index contributed by atoms with van der Waals surface area (Å²) in [6, 6.07) is 0.165. The zero-order valence-corrected chi connectivity index (χ0v) is 9.96. The molecule has 1 aliphatic rings. The summed E-state index contributed by atoms with van der Waals surface area (Å²) in [6.07, 6.45) is 5.51. The molecule has 1 fully saturated rings. The van der Waals surface area contributed by atoms with Crippen LogP contribution in [0.15, 0.2) is 0 Å². The van der Waals surface area contributed by atoms with E-state index in [1.165, 1.54) is 12.8 Å². The Morgan fingerprint density at radius 1 is 1.40 bits per heavy atom. The third-order valence-corrected chi connectivity index (χ3v) is 3.11. The van der Waals surface area contributed by atoms with Crippen molar-refractivity contribution in [2.75, 3.05) is 6.54 Å². The molecule has 88 valence electrons. The topological polar surface area (TPSA) is 55.1 Å². The number of hydrogen-bond donors (Lipinski definition) is 2. The summed E-state index contributed by atoms with van der Waals surface area (Å²) >= 11 is 0. The maximum Gasteiger partial charge on any atom is 0.223 e. The first-order valence-corrected chi connectivity index (χ1v) is 6.14. The molecular weight excluding hydrogens is 188 g/mol. The van der Waals surface area contributed by atoms with Crippen molar-refractivity contribution in [2.45, 2.75) is 52.0 Å². The van der Waals surface area contributed by atoms with Gasteiger partial charge in [0, 0.05) is 18.5 Å². The smallest absolute Gasteiger partial charge is 0.223 e. The zero-order chi connectivity index (χ0) is 11.3. The van der Waals surface area contributed by atoms with Crippen molar-refractivity contribution in [2.24, 2.45) is 17.6 Å². The zero-order valence-electron chi connectivity index (χ0n) is 9.96. The molecule has 1 aliphatic carbocycles. The van der Waals surface area contributed by atoms with Gasteiger partial charge in [-0.1, -0.05) is 26.7 Å². The van der Waals surface area contributed by atoms with Gasteiger partial charge in [0.05, 0.1) is 0 Å². The van der Waals surface area contributed by atoms with Gasteiger partial charge in [-0.15, -0.1) is 0 Å². The number of hydrogen-bond acceptors (Lipinski definition) is 2. The van der Waals surface area contributed by atoms with Crippen molar-refractivity contribution in [3.05, 3.63) is 0 Å². The quantitative estimate of drug-likeness (QED) is 0.728. The highest BCUT2D eigenvalue weighted by Gasteiger charge is 2.24. The van der Waals surface area contributed by atoms with E-state index in [9.17, 15) is 4.79 Å². The molecule has 1 amide bonds. The molecule has 0 radical (unpaired) electrons. The molecule has 3 nitrogen and oxygen atoms in total. The molecule has 0 heterocycles. The molecule has 0 aliphatic heterocycles. The highest BCUT2D eigenvalue weighted by Crippen LogP contribution is 2.24. The molecule has 0 bridgehead atoms. The lowest BCUT2D eigenvalue weighted by atomic mass is 10.0. The Balaban J connectivity index is 2.33. The summed E-state index contributed by atoms with van der Waals surface area (Å²) in [4.78, 5) is 11.8. The summed E-state index contributed by atoms with van der Waals surface area (Å²) in [5.74, 6) is 1.07. The van der Waals surface area contributed by atoms with E-state index in [1.807, 2.05) is 0 Å². The number of carbonyl (C=O) groups excluding carboxylic acids is 1. The normalized spacial score (nSPS) is 19.5. The first-order chi connectivity index (χ1) is 7.13. The van der Waals surface area contributed by atoms with Crippen molar-refractivity contribution in [1.29, 1.82) is 0 Å². The van der Waals surface area contributed by atoms with Crippen LogP contribution in [0.5, 0.6) is 0 Å². The highest BCUT2D eigenvalue weighted by molar-refractivity contribution is 5.79. The van der Waals surface area contributed by atoms with Gasteiger partial charge in [0.2, 0.25) is 5.91 Å². The van der Waals surface area contributed by atoms with E-state index in [2.05, 4.69) is 19.2 Å². The molecule has 1 saturated carbocycles. The van der Waals surface area contributed by atoms with E-state index in [0.717, 1.165) is 19.3 Å².